The Morgan fingerprint density at radius 3 is 2.48 bits per heavy atom. The topological polar surface area (TPSA) is 93.2 Å². The third kappa shape index (κ3) is 6.96. The smallest absolute Gasteiger partial charge is 0.410 e. The molecule has 7 heterocycles. The molecule has 0 spiro atoms. The standard InChI is InChI=1S/C50H62F2N6O4Si/c1-28(2)63(29(3)4,30(5)6)25-21-35-37(51)18-16-33-14-12-15-36(39(33)35)42-41(52)43-40-45(55-47(54-43)60-27-50-22-13-23-56(50)24-20-31(50)7)57-26-34-17-19-38(44(57)32(8)61-46(40)53-42)58(34)48(59)62-49(9,10)11/h12,14-16,18,28-30,32,34,38,44H,7,13,17,19-20,22-24,26-27H2,1-6,8-11H3/t32-,34+,38-,44+,50+/m0/s1. The van der Waals surface area contributed by atoms with Crippen molar-refractivity contribution in [3.63, 3.8) is 0 Å². The molecule has 2 aromatic heterocycles. The van der Waals surface area contributed by atoms with E-state index < -0.39 is 31.4 Å². The van der Waals surface area contributed by atoms with Crippen molar-refractivity contribution in [3.8, 4) is 34.6 Å². The Balaban J connectivity index is 1.23. The summed E-state index contributed by atoms with van der Waals surface area (Å²) in [5.41, 5.74) is 5.42. The number of aromatic nitrogens is 3. The van der Waals surface area contributed by atoms with Gasteiger partial charge in [-0.05, 0) is 94.4 Å². The van der Waals surface area contributed by atoms with Crippen LogP contribution in [0.1, 0.15) is 107 Å². The lowest BCUT2D eigenvalue weighted by molar-refractivity contribution is 0.000935. The van der Waals surface area contributed by atoms with Crippen molar-refractivity contribution >= 4 is 41.7 Å². The van der Waals surface area contributed by atoms with Gasteiger partial charge < -0.3 is 19.1 Å². The molecule has 1 amide bonds. The van der Waals surface area contributed by atoms with E-state index in [0.29, 0.717) is 50.7 Å². The number of nitrogens with zero attached hydrogens (tertiary/aromatic N) is 6. The first-order chi connectivity index (χ1) is 29.9. The van der Waals surface area contributed by atoms with Crippen LogP contribution >= 0.6 is 0 Å². The molecule has 2 aromatic carbocycles. The minimum atomic E-state index is -2.29. The summed E-state index contributed by atoms with van der Waals surface area (Å²) >= 11 is 0. The second kappa shape index (κ2) is 15.7. The molecule has 4 aromatic rings. The second-order valence-electron chi connectivity index (χ2n) is 20.5. The number of fused-ring (bicyclic) bond motifs is 7. The fourth-order valence-corrected chi connectivity index (χ4v) is 17.4. The Labute approximate surface area is 371 Å². The van der Waals surface area contributed by atoms with Crippen LogP contribution in [0.3, 0.4) is 0 Å². The fourth-order valence-electron chi connectivity index (χ4n) is 12.2. The summed E-state index contributed by atoms with van der Waals surface area (Å²) in [7, 11) is -2.29. The average molecular weight is 877 g/mol. The maximum absolute atomic E-state index is 18.0. The van der Waals surface area contributed by atoms with E-state index >= 15 is 8.78 Å². The maximum atomic E-state index is 18.0. The second-order valence-corrected chi connectivity index (χ2v) is 26.1. The van der Waals surface area contributed by atoms with Gasteiger partial charge in [-0.2, -0.15) is 9.97 Å². The molecule has 5 aliphatic rings. The summed E-state index contributed by atoms with van der Waals surface area (Å²) in [6.45, 7) is 28.0. The van der Waals surface area contributed by atoms with E-state index in [-0.39, 0.29) is 65.0 Å². The first-order valence-corrected chi connectivity index (χ1v) is 25.3. The zero-order chi connectivity index (χ0) is 44.9. The van der Waals surface area contributed by atoms with Crippen LogP contribution in [-0.4, -0.2) is 101 Å². The molecule has 0 unspecified atom stereocenters. The summed E-state index contributed by atoms with van der Waals surface area (Å²) in [6.07, 6.45) is 3.48. The van der Waals surface area contributed by atoms with Crippen LogP contribution in [-0.2, 0) is 4.74 Å². The van der Waals surface area contributed by atoms with Crippen LogP contribution in [0.4, 0.5) is 19.4 Å². The number of pyridine rings is 1. The van der Waals surface area contributed by atoms with Gasteiger partial charge in [-0.25, -0.2) is 18.6 Å². The molecule has 5 atom stereocenters. The summed E-state index contributed by atoms with van der Waals surface area (Å²) < 4.78 is 53.7. The molecule has 10 nitrogen and oxygen atoms in total. The van der Waals surface area contributed by atoms with Gasteiger partial charge in [0.05, 0.1) is 29.2 Å². The van der Waals surface area contributed by atoms with E-state index in [9.17, 15) is 4.79 Å². The molecular formula is C50H62F2N6O4Si. The largest absolute Gasteiger partial charge is 0.472 e. The van der Waals surface area contributed by atoms with Crippen LogP contribution in [0.25, 0.3) is 32.9 Å². The predicted octanol–water partition coefficient (Wildman–Crippen LogP) is 10.6. The molecule has 63 heavy (non-hydrogen) atoms. The molecule has 0 N–H and O–H groups in total. The van der Waals surface area contributed by atoms with Gasteiger partial charge in [-0.15, -0.1) is 5.54 Å². The third-order valence-corrected chi connectivity index (χ3v) is 21.3. The molecule has 9 rings (SSSR count). The number of hydrogen-bond acceptors (Lipinski definition) is 9. The van der Waals surface area contributed by atoms with Gasteiger partial charge >= 0.3 is 12.1 Å². The summed E-state index contributed by atoms with van der Waals surface area (Å²) in [5.74, 6) is 2.84. The van der Waals surface area contributed by atoms with Crippen LogP contribution in [0, 0.1) is 23.1 Å². The molecule has 0 aliphatic carbocycles. The maximum Gasteiger partial charge on any atom is 0.410 e. The first-order valence-electron chi connectivity index (χ1n) is 23.0. The van der Waals surface area contributed by atoms with Crippen molar-refractivity contribution in [2.75, 3.05) is 31.1 Å². The van der Waals surface area contributed by atoms with E-state index in [1.165, 1.54) is 6.07 Å². The van der Waals surface area contributed by atoms with E-state index in [2.05, 4.69) is 69.4 Å². The van der Waals surface area contributed by atoms with E-state index in [1.54, 1.807) is 12.1 Å². The molecule has 2 bridgehead atoms. The number of anilines is 1. The molecule has 13 heteroatoms. The Hall–Kier alpha value is -4.80. The highest BCUT2D eigenvalue weighted by Crippen LogP contribution is 2.49. The van der Waals surface area contributed by atoms with Crippen molar-refractivity contribution in [2.45, 2.75) is 153 Å². The van der Waals surface area contributed by atoms with E-state index in [4.69, 9.17) is 29.2 Å². The molecule has 4 fully saturated rings. The Kier molecular flexibility index (Phi) is 10.8. The fraction of sp³-hybridized carbons (Fsp3) is 0.560. The van der Waals surface area contributed by atoms with Crippen LogP contribution < -0.4 is 14.4 Å². The zero-order valence-corrected chi connectivity index (χ0v) is 39.6. The Bertz CT molecular complexity index is 2560. The Morgan fingerprint density at radius 1 is 1.02 bits per heavy atom. The number of carbonyl (C=O) groups is 1. The first kappa shape index (κ1) is 43.4. The van der Waals surface area contributed by atoms with Crippen molar-refractivity contribution in [3.05, 3.63) is 59.7 Å². The normalized spacial score (nSPS) is 24.5. The predicted molar refractivity (Wildman–Crippen MR) is 247 cm³/mol. The van der Waals surface area contributed by atoms with Crippen molar-refractivity contribution in [1.82, 2.24) is 24.8 Å². The lowest BCUT2D eigenvalue weighted by Crippen LogP contribution is -2.65. The van der Waals surface area contributed by atoms with Crippen molar-refractivity contribution < 1.29 is 27.8 Å². The lowest BCUT2D eigenvalue weighted by atomic mass is 9.91. The van der Waals surface area contributed by atoms with Crippen molar-refractivity contribution in [1.29, 1.82) is 0 Å². The van der Waals surface area contributed by atoms with Gasteiger partial charge in [0.25, 0.3) is 0 Å². The minimum Gasteiger partial charge on any atom is -0.472 e. The highest BCUT2D eigenvalue weighted by atomic mass is 28.3. The summed E-state index contributed by atoms with van der Waals surface area (Å²) in [4.78, 5) is 35.3. The monoisotopic (exact) mass is 876 g/mol. The zero-order valence-electron chi connectivity index (χ0n) is 38.6. The Morgan fingerprint density at radius 2 is 1.76 bits per heavy atom. The number of amides is 1. The van der Waals surface area contributed by atoms with E-state index in [1.807, 2.05) is 44.7 Å². The molecule has 334 valence electrons. The van der Waals surface area contributed by atoms with Crippen LogP contribution in [0.15, 0.2) is 42.5 Å². The van der Waals surface area contributed by atoms with Gasteiger partial charge in [-0.3, -0.25) is 9.80 Å². The number of rotatable bonds is 7. The quantitative estimate of drug-likeness (QED) is 0.102. The number of halogens is 2. The highest BCUT2D eigenvalue weighted by molar-refractivity contribution is 6.90. The number of carbonyl (C=O) groups excluding carboxylic acids is 1. The summed E-state index contributed by atoms with van der Waals surface area (Å²) in [5, 5.41) is 1.53. The minimum absolute atomic E-state index is 0.00248. The van der Waals surface area contributed by atoms with Crippen molar-refractivity contribution in [2.24, 2.45) is 0 Å². The van der Waals surface area contributed by atoms with Gasteiger partial charge in [0.1, 0.15) is 54.6 Å². The van der Waals surface area contributed by atoms with Gasteiger partial charge in [0.15, 0.2) is 5.82 Å². The summed E-state index contributed by atoms with van der Waals surface area (Å²) in [6, 6.07) is 7.89. The number of ether oxygens (including phenoxy) is 3. The van der Waals surface area contributed by atoms with E-state index in [0.717, 1.165) is 50.8 Å². The van der Waals surface area contributed by atoms with Crippen LogP contribution in [0.5, 0.6) is 11.9 Å². The molecule has 4 saturated heterocycles. The number of benzene rings is 2. The number of piperazine rings is 1. The van der Waals surface area contributed by atoms with Gasteiger partial charge in [0, 0.05) is 24.0 Å². The molecule has 5 aliphatic heterocycles. The molecular weight excluding hydrogens is 815 g/mol. The van der Waals surface area contributed by atoms with Gasteiger partial charge in [-0.1, -0.05) is 83.9 Å². The molecule has 0 radical (unpaired) electrons. The van der Waals surface area contributed by atoms with Gasteiger partial charge in [0.2, 0.25) is 5.88 Å². The lowest BCUT2D eigenvalue weighted by Gasteiger charge is -2.48. The SMILES string of the molecule is C=C1CCN2CCC[C@@]12COc1nc2c3c(nc(-c4cccc5ccc(F)c(C#C[Si](C(C)C)(C(C)C)C(C)C)c45)c(F)c3n1)O[C@@H](C)[C@@H]1[C@@H]3CC[C@H](CN21)N3C(=O)OC(C)(C)C. The molecule has 0 saturated carbocycles. The average Bonchev–Trinajstić information content (AvgIpc) is 3.85. The highest BCUT2D eigenvalue weighted by Gasteiger charge is 2.54. The van der Waals surface area contributed by atoms with Crippen LogP contribution in [0.2, 0.25) is 16.6 Å². The number of hydrogen-bond donors (Lipinski definition) is 0. The third-order valence-electron chi connectivity index (χ3n) is 15.0.